The van der Waals surface area contributed by atoms with Crippen LogP contribution in [0.5, 0.6) is 69.0 Å². The zero-order chi connectivity index (χ0) is 56.5. The first kappa shape index (κ1) is 56.7. The van der Waals surface area contributed by atoms with Gasteiger partial charge in [-0.3, -0.25) is 28.8 Å². The number of fused-ring (bicyclic) bond motifs is 12. The molecule has 6 aromatic rings. The van der Waals surface area contributed by atoms with Crippen LogP contribution in [0.15, 0.2) is 72.8 Å². The Bertz CT molecular complexity index is 2640. The zero-order valence-electron chi connectivity index (χ0n) is 45.5. The summed E-state index contributed by atoms with van der Waals surface area (Å²) in [7, 11) is 9.01. The molecule has 78 heavy (non-hydrogen) atoms. The van der Waals surface area contributed by atoms with Crippen LogP contribution in [0.1, 0.15) is 108 Å². The Kier molecular flexibility index (Phi) is 18.0. The molecule has 7 rings (SSSR count). The van der Waals surface area contributed by atoms with Crippen molar-refractivity contribution in [3.8, 4) is 69.0 Å². The molecule has 6 aromatic carbocycles. The first-order chi connectivity index (χ1) is 37.2. The molecule has 0 radical (unpaired) electrons. The third-order valence-corrected chi connectivity index (χ3v) is 12.4. The SMILES string of the molecule is COc1c2cc(OC(C)=O)cc1Cc1cc(OC(C)=O)cc(c1OC)Cc1cc(OC(C)=O)cc(c1OC)Cc1cc(OC(C)=O)cc(c1OC)Cc1cc(OC(C)=O)cc(c1OC)Cc1cc(OC(C)=O)cc(c1OC)C2. The van der Waals surface area contributed by atoms with Gasteiger partial charge in [-0.2, -0.15) is 0 Å². The molecule has 0 saturated heterocycles. The Morgan fingerprint density at radius 3 is 0.410 bits per heavy atom. The fourth-order valence-corrected chi connectivity index (χ4v) is 10.1. The van der Waals surface area contributed by atoms with Crippen LogP contribution in [0.4, 0.5) is 0 Å². The fraction of sp³-hybridized carbons (Fsp3) is 0.300. The van der Waals surface area contributed by atoms with E-state index in [1.807, 2.05) is 0 Å². The Morgan fingerprint density at radius 1 is 0.231 bits per heavy atom. The summed E-state index contributed by atoms with van der Waals surface area (Å²) < 4.78 is 71.8. The molecule has 0 heterocycles. The van der Waals surface area contributed by atoms with E-state index in [0.29, 0.717) is 101 Å². The van der Waals surface area contributed by atoms with E-state index >= 15 is 0 Å². The second-order valence-corrected chi connectivity index (χ2v) is 18.3. The molecule has 0 amide bonds. The smallest absolute Gasteiger partial charge is 0.308 e. The van der Waals surface area contributed by atoms with Gasteiger partial charge in [0.1, 0.15) is 69.0 Å². The number of methoxy groups -OCH3 is 6. The quantitative estimate of drug-likeness (QED) is 0.0824. The molecule has 0 aromatic heterocycles. The van der Waals surface area contributed by atoms with Gasteiger partial charge in [-0.15, -0.1) is 0 Å². The van der Waals surface area contributed by atoms with Crippen molar-refractivity contribution in [2.75, 3.05) is 42.7 Å². The van der Waals surface area contributed by atoms with Gasteiger partial charge in [0.2, 0.25) is 0 Å². The molecule has 408 valence electrons. The number of carbonyl (C=O) groups is 6. The number of carbonyl (C=O) groups excluding carboxylic acids is 6. The van der Waals surface area contributed by atoms with Crippen molar-refractivity contribution >= 4 is 35.8 Å². The number of rotatable bonds is 12. The summed E-state index contributed by atoms with van der Waals surface area (Å²) in [5.41, 5.74) is 6.34. The lowest BCUT2D eigenvalue weighted by Crippen LogP contribution is -2.10. The number of benzene rings is 6. The van der Waals surface area contributed by atoms with Crippen molar-refractivity contribution in [2.45, 2.75) is 80.1 Å². The number of esters is 6. The van der Waals surface area contributed by atoms with Gasteiger partial charge < -0.3 is 56.8 Å². The van der Waals surface area contributed by atoms with Crippen LogP contribution in [0.25, 0.3) is 0 Å². The molecule has 0 spiro atoms. The minimum absolute atomic E-state index is 0.0594. The second kappa shape index (κ2) is 24.7. The van der Waals surface area contributed by atoms with Gasteiger partial charge in [0.25, 0.3) is 0 Å². The van der Waals surface area contributed by atoms with Crippen molar-refractivity contribution < 1.29 is 85.6 Å². The maximum Gasteiger partial charge on any atom is 0.308 e. The maximum atomic E-state index is 12.7. The van der Waals surface area contributed by atoms with Crippen molar-refractivity contribution in [3.05, 3.63) is 140 Å². The summed E-state index contributed by atoms with van der Waals surface area (Å²) in [6.07, 6.45) is 0.357. The van der Waals surface area contributed by atoms with Crippen molar-refractivity contribution in [1.29, 1.82) is 0 Å². The molecule has 0 N–H and O–H groups in total. The normalized spacial score (nSPS) is 11.8. The van der Waals surface area contributed by atoms with Crippen LogP contribution in [-0.4, -0.2) is 78.5 Å². The molecule has 0 unspecified atom stereocenters. The molecule has 18 heteroatoms. The Morgan fingerprint density at radius 2 is 0.333 bits per heavy atom. The third kappa shape index (κ3) is 13.5. The van der Waals surface area contributed by atoms with E-state index in [2.05, 4.69) is 0 Å². The molecule has 1 aliphatic rings. The largest absolute Gasteiger partial charge is 0.496 e. The molecule has 0 aliphatic heterocycles. The van der Waals surface area contributed by atoms with E-state index in [0.717, 1.165) is 0 Å². The van der Waals surface area contributed by atoms with Gasteiger partial charge in [-0.1, -0.05) is 0 Å². The average Bonchev–Trinajstić information content (AvgIpc) is 3.35. The summed E-state index contributed by atoms with van der Waals surface area (Å²) in [6.45, 7) is 7.68. The minimum atomic E-state index is -0.589. The van der Waals surface area contributed by atoms with E-state index in [1.165, 1.54) is 84.2 Å². The van der Waals surface area contributed by atoms with Crippen LogP contribution in [0.3, 0.4) is 0 Å². The van der Waals surface area contributed by atoms with Crippen LogP contribution >= 0.6 is 0 Å². The van der Waals surface area contributed by atoms with Crippen LogP contribution in [0.2, 0.25) is 0 Å². The van der Waals surface area contributed by atoms with E-state index in [9.17, 15) is 28.8 Å². The van der Waals surface area contributed by atoms with E-state index in [-0.39, 0.29) is 73.0 Å². The number of hydrogen-bond donors (Lipinski definition) is 0. The van der Waals surface area contributed by atoms with Crippen LogP contribution in [-0.2, 0) is 67.3 Å². The molecule has 12 bridgehead atoms. The maximum absolute atomic E-state index is 12.7. The third-order valence-electron chi connectivity index (χ3n) is 12.4. The average molecular weight is 1070 g/mol. The molecule has 1 aliphatic carbocycles. The highest BCUT2D eigenvalue weighted by Gasteiger charge is 2.27. The fourth-order valence-electron chi connectivity index (χ4n) is 10.1. The van der Waals surface area contributed by atoms with E-state index < -0.39 is 35.8 Å². The highest BCUT2D eigenvalue weighted by Crippen LogP contribution is 2.45. The summed E-state index contributed by atoms with van der Waals surface area (Å²) in [5.74, 6) is -0.112. The monoisotopic (exact) mass is 1070 g/mol. The van der Waals surface area contributed by atoms with Gasteiger partial charge in [0, 0.05) is 147 Å². The van der Waals surface area contributed by atoms with E-state index in [1.54, 1.807) is 72.8 Å². The Balaban J connectivity index is 1.61. The van der Waals surface area contributed by atoms with Crippen molar-refractivity contribution in [3.63, 3.8) is 0 Å². The summed E-state index contributed by atoms with van der Waals surface area (Å²) in [4.78, 5) is 76.0. The van der Waals surface area contributed by atoms with Crippen molar-refractivity contribution in [1.82, 2.24) is 0 Å². The van der Waals surface area contributed by atoms with Crippen LogP contribution < -0.4 is 56.8 Å². The summed E-state index contributed by atoms with van der Waals surface area (Å²) in [5, 5.41) is 0. The lowest BCUT2D eigenvalue weighted by Gasteiger charge is -2.23. The predicted octanol–water partition coefficient (Wildman–Crippen LogP) is 9.15. The topological polar surface area (TPSA) is 213 Å². The molecule has 0 atom stereocenters. The predicted molar refractivity (Wildman–Crippen MR) is 283 cm³/mol. The summed E-state index contributed by atoms with van der Waals surface area (Å²) in [6, 6.07) is 20.0. The van der Waals surface area contributed by atoms with Crippen molar-refractivity contribution in [2.24, 2.45) is 0 Å². The Hall–Kier alpha value is -9.06. The lowest BCUT2D eigenvalue weighted by molar-refractivity contribution is -0.132. The Labute approximate surface area is 451 Å². The molecule has 0 fully saturated rings. The van der Waals surface area contributed by atoms with Gasteiger partial charge >= 0.3 is 35.8 Å². The van der Waals surface area contributed by atoms with Crippen LogP contribution in [0, 0.1) is 0 Å². The standard InChI is InChI=1S/C60H60O18/c1-31(61)73-49-19-37-13-39-21-50(74-32(2)62)23-41(56(39)68-8)15-43-25-52(76-34(4)64)27-45(58(43)70-10)17-47-29-54(78-36(6)66)30-48(60(47)72-12)18-46-28-53(77-35(5)65)26-44(59(46)71-11)16-42-24-51(75-33(3)63)22-40(57(42)69-9)14-38(20-49)55(37)67-7/h19-30H,13-18H2,1-12H3. The zero-order valence-corrected chi connectivity index (χ0v) is 45.5. The van der Waals surface area contributed by atoms with Gasteiger partial charge in [0.05, 0.1) is 42.7 Å². The lowest BCUT2D eigenvalue weighted by atomic mass is 9.90. The molecule has 0 saturated carbocycles. The highest BCUT2D eigenvalue weighted by molar-refractivity contribution is 5.74. The number of hydrogen-bond acceptors (Lipinski definition) is 18. The second-order valence-electron chi connectivity index (χ2n) is 18.3. The first-order valence-electron chi connectivity index (χ1n) is 24.5. The molecular formula is C60H60O18. The summed E-state index contributed by atoms with van der Waals surface area (Å²) >= 11 is 0. The first-order valence-corrected chi connectivity index (χ1v) is 24.5. The minimum Gasteiger partial charge on any atom is -0.496 e. The van der Waals surface area contributed by atoms with Gasteiger partial charge in [0.15, 0.2) is 0 Å². The molecular weight excluding hydrogens is 1010 g/mol. The van der Waals surface area contributed by atoms with E-state index in [4.69, 9.17) is 56.8 Å². The molecule has 18 nitrogen and oxygen atoms in total. The highest BCUT2D eigenvalue weighted by atomic mass is 16.6. The van der Waals surface area contributed by atoms with Gasteiger partial charge in [-0.25, -0.2) is 0 Å². The van der Waals surface area contributed by atoms with Gasteiger partial charge in [-0.05, 0) is 72.8 Å². The number of ether oxygens (including phenoxy) is 12.